The van der Waals surface area contributed by atoms with Crippen LogP contribution < -0.4 is 10.2 Å². The Kier molecular flexibility index (Phi) is 5.07. The first kappa shape index (κ1) is 18.8. The molecule has 0 aliphatic carbocycles. The molecule has 0 bridgehead atoms. The summed E-state index contributed by atoms with van der Waals surface area (Å²) in [4.78, 5) is 28.9. The largest absolute Gasteiger partial charge is 0.353 e. The zero-order chi connectivity index (χ0) is 20.4. The average molecular weight is 399 g/mol. The molecule has 1 N–H and O–H groups in total. The number of aryl methyl sites for hydroxylation is 1. The number of piperazine rings is 1. The number of nitrogens with zero attached hydrogens (tertiary/aromatic N) is 6. The lowest BCUT2D eigenvalue weighted by Crippen LogP contribution is -2.50. The highest BCUT2D eigenvalue weighted by atomic mass is 19.1. The van der Waals surface area contributed by atoms with Crippen molar-refractivity contribution in [3.63, 3.8) is 0 Å². The van der Waals surface area contributed by atoms with Gasteiger partial charge in [-0.1, -0.05) is 0 Å². The topological polar surface area (TPSA) is 79.2 Å². The Hall–Kier alpha value is -3.56. The highest BCUT2D eigenvalue weighted by Gasteiger charge is 2.23. The first-order valence-corrected chi connectivity index (χ1v) is 9.09. The van der Waals surface area contributed by atoms with Gasteiger partial charge in [-0.25, -0.2) is 28.5 Å². The van der Waals surface area contributed by atoms with E-state index in [-0.39, 0.29) is 5.69 Å². The normalized spacial score (nSPS) is 14.2. The third-order valence-corrected chi connectivity index (χ3v) is 4.77. The summed E-state index contributed by atoms with van der Waals surface area (Å²) < 4.78 is 28.6. The van der Waals surface area contributed by atoms with Gasteiger partial charge in [0.25, 0.3) is 0 Å². The van der Waals surface area contributed by atoms with E-state index in [4.69, 9.17) is 0 Å². The molecule has 3 aromatic rings. The quantitative estimate of drug-likeness (QED) is 0.733. The van der Waals surface area contributed by atoms with Crippen LogP contribution in [0.3, 0.4) is 0 Å². The molecule has 4 rings (SSSR count). The van der Waals surface area contributed by atoms with Crippen molar-refractivity contribution in [2.75, 3.05) is 36.4 Å². The molecule has 0 spiro atoms. The van der Waals surface area contributed by atoms with Crippen LogP contribution in [0, 0.1) is 18.6 Å². The summed E-state index contributed by atoms with van der Waals surface area (Å²) in [5.74, 6) is 0.804. The standard InChI is InChI=1S/C19H19F2N7O/c1-13-22-4-5-28(13)18-11-17(23-12-24-18)26-6-8-27(9-7-26)19(29)25-16-3-2-14(20)10-15(16)21/h2-5,10-12H,6-9H2,1H3,(H,25,29). The second kappa shape index (κ2) is 7.82. The summed E-state index contributed by atoms with van der Waals surface area (Å²) >= 11 is 0. The van der Waals surface area contributed by atoms with Crippen LogP contribution in [0.1, 0.15) is 5.82 Å². The van der Waals surface area contributed by atoms with E-state index in [1.54, 1.807) is 11.1 Å². The van der Waals surface area contributed by atoms with Crippen molar-refractivity contribution < 1.29 is 13.6 Å². The van der Waals surface area contributed by atoms with Gasteiger partial charge in [0.15, 0.2) is 0 Å². The smallest absolute Gasteiger partial charge is 0.322 e. The van der Waals surface area contributed by atoms with E-state index in [2.05, 4.69) is 25.2 Å². The summed E-state index contributed by atoms with van der Waals surface area (Å²) in [6.07, 6.45) is 5.04. The highest BCUT2D eigenvalue weighted by Crippen LogP contribution is 2.19. The lowest BCUT2D eigenvalue weighted by atomic mass is 10.3. The van der Waals surface area contributed by atoms with Gasteiger partial charge in [0.1, 0.15) is 35.4 Å². The number of imidazole rings is 1. The summed E-state index contributed by atoms with van der Waals surface area (Å²) in [5, 5.41) is 2.49. The number of anilines is 2. The SMILES string of the molecule is Cc1nccn1-c1cc(N2CCN(C(=O)Nc3ccc(F)cc3F)CC2)ncn1. The molecule has 1 aromatic carbocycles. The van der Waals surface area contributed by atoms with Crippen molar-refractivity contribution in [1.82, 2.24) is 24.4 Å². The Labute approximate surface area is 165 Å². The number of amides is 2. The highest BCUT2D eigenvalue weighted by molar-refractivity contribution is 5.89. The van der Waals surface area contributed by atoms with E-state index < -0.39 is 17.7 Å². The second-order valence-electron chi connectivity index (χ2n) is 6.61. The van der Waals surface area contributed by atoms with Gasteiger partial charge >= 0.3 is 6.03 Å². The fourth-order valence-electron chi connectivity index (χ4n) is 3.19. The Morgan fingerprint density at radius 1 is 1.03 bits per heavy atom. The summed E-state index contributed by atoms with van der Waals surface area (Å²) in [7, 11) is 0. The van der Waals surface area contributed by atoms with Crippen LogP contribution in [0.4, 0.5) is 25.1 Å². The Morgan fingerprint density at radius 2 is 1.79 bits per heavy atom. The minimum Gasteiger partial charge on any atom is -0.353 e. The fraction of sp³-hybridized carbons (Fsp3) is 0.263. The zero-order valence-electron chi connectivity index (χ0n) is 15.7. The van der Waals surface area contributed by atoms with E-state index in [1.165, 1.54) is 12.4 Å². The van der Waals surface area contributed by atoms with Crippen LogP contribution in [0.5, 0.6) is 0 Å². The first-order chi connectivity index (χ1) is 14.0. The number of benzene rings is 1. The summed E-state index contributed by atoms with van der Waals surface area (Å²) in [5.41, 5.74) is -0.0463. The number of halogens is 2. The number of hydrogen-bond donors (Lipinski definition) is 1. The minimum absolute atomic E-state index is 0.0463. The van der Waals surface area contributed by atoms with E-state index in [0.29, 0.717) is 26.2 Å². The maximum atomic E-state index is 13.7. The lowest BCUT2D eigenvalue weighted by molar-refractivity contribution is 0.208. The van der Waals surface area contributed by atoms with Gasteiger partial charge in [0.05, 0.1) is 5.69 Å². The monoisotopic (exact) mass is 399 g/mol. The van der Waals surface area contributed by atoms with Crippen molar-refractivity contribution in [2.45, 2.75) is 6.92 Å². The number of carbonyl (C=O) groups excluding carboxylic acids is 1. The molecule has 0 saturated carbocycles. The van der Waals surface area contributed by atoms with Crippen molar-refractivity contribution in [3.8, 4) is 5.82 Å². The van der Waals surface area contributed by atoms with Crippen LogP contribution in [-0.4, -0.2) is 56.6 Å². The van der Waals surface area contributed by atoms with E-state index in [9.17, 15) is 13.6 Å². The molecule has 1 aliphatic heterocycles. The molecule has 10 heteroatoms. The van der Waals surface area contributed by atoms with Crippen LogP contribution in [-0.2, 0) is 0 Å². The number of carbonyl (C=O) groups is 1. The Bertz CT molecular complexity index is 1030. The maximum Gasteiger partial charge on any atom is 0.322 e. The number of hydrogen-bond acceptors (Lipinski definition) is 5. The molecule has 0 atom stereocenters. The summed E-state index contributed by atoms with van der Waals surface area (Å²) in [6.45, 7) is 3.91. The number of rotatable bonds is 3. The fourth-order valence-corrected chi connectivity index (χ4v) is 3.19. The molecular formula is C19H19F2N7O. The Morgan fingerprint density at radius 3 is 2.48 bits per heavy atom. The average Bonchev–Trinajstić information content (AvgIpc) is 3.16. The molecule has 2 amide bonds. The van der Waals surface area contributed by atoms with E-state index >= 15 is 0 Å². The molecule has 2 aromatic heterocycles. The van der Waals surface area contributed by atoms with E-state index in [0.717, 1.165) is 29.6 Å². The Balaban J connectivity index is 1.39. The third-order valence-electron chi connectivity index (χ3n) is 4.77. The maximum absolute atomic E-state index is 13.7. The van der Waals surface area contributed by atoms with Crippen LogP contribution in [0.25, 0.3) is 5.82 Å². The van der Waals surface area contributed by atoms with Gasteiger partial charge in [0, 0.05) is 50.7 Å². The van der Waals surface area contributed by atoms with Crippen molar-refractivity contribution in [3.05, 3.63) is 60.4 Å². The van der Waals surface area contributed by atoms with Gasteiger partial charge < -0.3 is 15.1 Å². The predicted octanol–water partition coefficient (Wildman–Crippen LogP) is 2.60. The molecular weight excluding hydrogens is 380 g/mol. The van der Waals surface area contributed by atoms with Crippen molar-refractivity contribution >= 4 is 17.5 Å². The van der Waals surface area contributed by atoms with Crippen LogP contribution in [0.2, 0.25) is 0 Å². The molecule has 8 nitrogen and oxygen atoms in total. The van der Waals surface area contributed by atoms with Crippen LogP contribution in [0.15, 0.2) is 43.0 Å². The molecule has 29 heavy (non-hydrogen) atoms. The number of urea groups is 1. The first-order valence-electron chi connectivity index (χ1n) is 9.09. The van der Waals surface area contributed by atoms with Crippen molar-refractivity contribution in [1.29, 1.82) is 0 Å². The predicted molar refractivity (Wildman–Crippen MR) is 103 cm³/mol. The molecule has 1 aliphatic rings. The molecule has 1 fully saturated rings. The number of nitrogens with one attached hydrogen (secondary N) is 1. The van der Waals surface area contributed by atoms with Gasteiger partial charge in [-0.05, 0) is 19.1 Å². The van der Waals surface area contributed by atoms with Crippen LogP contribution >= 0.6 is 0 Å². The third kappa shape index (κ3) is 4.00. The summed E-state index contributed by atoms with van der Waals surface area (Å²) in [6, 6.07) is 4.50. The van der Waals surface area contributed by atoms with Crippen molar-refractivity contribution in [2.24, 2.45) is 0 Å². The van der Waals surface area contributed by atoms with Gasteiger partial charge in [-0.3, -0.25) is 4.57 Å². The second-order valence-corrected chi connectivity index (χ2v) is 6.61. The van der Waals surface area contributed by atoms with E-state index in [1.807, 2.05) is 23.8 Å². The van der Waals surface area contributed by atoms with Gasteiger partial charge in [0.2, 0.25) is 0 Å². The van der Waals surface area contributed by atoms with Gasteiger partial charge in [-0.2, -0.15) is 0 Å². The minimum atomic E-state index is -0.805. The molecule has 3 heterocycles. The zero-order valence-corrected chi connectivity index (χ0v) is 15.7. The molecule has 150 valence electrons. The molecule has 0 unspecified atom stereocenters. The van der Waals surface area contributed by atoms with Gasteiger partial charge in [-0.15, -0.1) is 0 Å². The molecule has 1 saturated heterocycles. The number of aromatic nitrogens is 4. The lowest BCUT2D eigenvalue weighted by Gasteiger charge is -2.35. The molecule has 0 radical (unpaired) electrons.